The molecule has 4 heteroatoms. The molecule has 3 nitrogen and oxygen atoms in total. The zero-order chi connectivity index (χ0) is 8.97. The fourth-order valence-corrected chi connectivity index (χ4v) is 1.10. The Kier molecular flexibility index (Phi) is 3.22. The molecule has 1 aromatic rings. The van der Waals surface area contributed by atoms with Gasteiger partial charge in [-0.3, -0.25) is 0 Å². The Morgan fingerprint density at radius 3 is 2.92 bits per heavy atom. The number of halogens is 1. The van der Waals surface area contributed by atoms with Gasteiger partial charge in [0.15, 0.2) is 0 Å². The van der Waals surface area contributed by atoms with Gasteiger partial charge in [0.25, 0.3) is 0 Å². The van der Waals surface area contributed by atoms with Gasteiger partial charge in [-0.2, -0.15) is 0 Å². The molecule has 0 radical (unpaired) electrons. The summed E-state index contributed by atoms with van der Waals surface area (Å²) >= 11 is 0. The molecule has 0 unspecified atom stereocenters. The van der Waals surface area contributed by atoms with E-state index in [1.165, 1.54) is 0 Å². The molecule has 12 heavy (non-hydrogen) atoms. The van der Waals surface area contributed by atoms with Gasteiger partial charge in [0.1, 0.15) is 12.5 Å². The monoisotopic (exact) mass is 171 g/mol. The molecule has 0 bridgehead atoms. The molecule has 2 N–H and O–H groups in total. The summed E-state index contributed by atoms with van der Waals surface area (Å²) < 4.78 is 14.0. The van der Waals surface area contributed by atoms with Gasteiger partial charge in [0.2, 0.25) is 0 Å². The van der Waals surface area contributed by atoms with Crippen LogP contribution < -0.4 is 5.73 Å². The molecule has 0 fully saturated rings. The quantitative estimate of drug-likeness (QED) is 0.727. The Hall–Kier alpha value is -0.900. The average molecular weight is 171 g/mol. The molecule has 1 aromatic heterocycles. The van der Waals surface area contributed by atoms with Crippen molar-refractivity contribution in [1.82, 2.24) is 9.55 Å². The maximum Gasteiger partial charge on any atom is 0.131 e. The number of imidazole rings is 1. The normalized spacial score (nSPS) is 10.6. The van der Waals surface area contributed by atoms with Crippen molar-refractivity contribution in [2.45, 2.75) is 19.5 Å². The largest absolute Gasteiger partial charge is 0.333 e. The molecule has 0 aliphatic heterocycles. The molecule has 0 amide bonds. The van der Waals surface area contributed by atoms with E-state index in [0.717, 1.165) is 18.7 Å². The van der Waals surface area contributed by atoms with E-state index in [1.54, 1.807) is 10.8 Å². The first-order chi connectivity index (χ1) is 5.79. The van der Waals surface area contributed by atoms with Crippen LogP contribution in [-0.4, -0.2) is 16.1 Å². The van der Waals surface area contributed by atoms with Crippen LogP contribution in [0.15, 0.2) is 6.20 Å². The molecule has 0 saturated carbocycles. The van der Waals surface area contributed by atoms with E-state index < -0.39 is 6.67 Å². The van der Waals surface area contributed by atoms with Crippen molar-refractivity contribution in [1.29, 1.82) is 0 Å². The van der Waals surface area contributed by atoms with E-state index >= 15 is 0 Å². The summed E-state index contributed by atoms with van der Waals surface area (Å²) in [6.45, 7) is 0.198. The third-order valence-electron chi connectivity index (χ3n) is 1.92. The van der Waals surface area contributed by atoms with Crippen LogP contribution in [0.3, 0.4) is 0 Å². The van der Waals surface area contributed by atoms with Crippen LogP contribution >= 0.6 is 0 Å². The van der Waals surface area contributed by atoms with Crippen LogP contribution in [0, 0.1) is 0 Å². The Bertz CT molecular complexity index is 244. The molecular formula is C8H14FN3. The minimum atomic E-state index is -0.452. The summed E-state index contributed by atoms with van der Waals surface area (Å²) in [5.41, 5.74) is 5.98. The van der Waals surface area contributed by atoms with Crippen LogP contribution in [-0.2, 0) is 20.1 Å². The Labute approximate surface area is 71.4 Å². The van der Waals surface area contributed by atoms with Crippen molar-refractivity contribution in [2.75, 3.05) is 6.54 Å². The standard InChI is InChI=1S/C8H14FN3/c1-12-7(5-9)6-11-8(12)3-2-4-10/h6H,2-5,10H2,1H3. The molecule has 0 spiro atoms. The number of hydrogen-bond acceptors (Lipinski definition) is 2. The number of aromatic nitrogens is 2. The number of rotatable bonds is 4. The van der Waals surface area contributed by atoms with Crippen molar-refractivity contribution >= 4 is 0 Å². The number of aryl methyl sites for hydroxylation is 1. The lowest BCUT2D eigenvalue weighted by atomic mass is 10.3. The van der Waals surface area contributed by atoms with Crippen LogP contribution in [0.4, 0.5) is 4.39 Å². The van der Waals surface area contributed by atoms with Crippen LogP contribution in [0.1, 0.15) is 17.9 Å². The van der Waals surface area contributed by atoms with E-state index in [0.29, 0.717) is 12.2 Å². The van der Waals surface area contributed by atoms with Crippen molar-refractivity contribution in [3.8, 4) is 0 Å². The summed E-state index contributed by atoms with van der Waals surface area (Å²) in [4.78, 5) is 4.09. The highest BCUT2D eigenvalue weighted by molar-refractivity contribution is 5.03. The topological polar surface area (TPSA) is 43.8 Å². The lowest BCUT2D eigenvalue weighted by molar-refractivity contribution is 0.463. The molecular weight excluding hydrogens is 157 g/mol. The van der Waals surface area contributed by atoms with Crippen molar-refractivity contribution in [3.05, 3.63) is 17.7 Å². The van der Waals surface area contributed by atoms with E-state index in [-0.39, 0.29) is 0 Å². The molecule has 1 rings (SSSR count). The molecule has 68 valence electrons. The van der Waals surface area contributed by atoms with E-state index in [4.69, 9.17) is 5.73 Å². The Morgan fingerprint density at radius 1 is 1.67 bits per heavy atom. The Balaban J connectivity index is 2.66. The third-order valence-corrected chi connectivity index (χ3v) is 1.92. The van der Waals surface area contributed by atoms with Crippen LogP contribution in [0.2, 0.25) is 0 Å². The van der Waals surface area contributed by atoms with Gasteiger partial charge >= 0.3 is 0 Å². The highest BCUT2D eigenvalue weighted by Gasteiger charge is 2.04. The Morgan fingerprint density at radius 2 is 2.42 bits per heavy atom. The minimum Gasteiger partial charge on any atom is -0.333 e. The first-order valence-electron chi connectivity index (χ1n) is 4.05. The van der Waals surface area contributed by atoms with Crippen LogP contribution in [0.5, 0.6) is 0 Å². The second-order valence-electron chi connectivity index (χ2n) is 2.75. The van der Waals surface area contributed by atoms with E-state index in [2.05, 4.69) is 4.98 Å². The lowest BCUT2D eigenvalue weighted by Crippen LogP contribution is -2.05. The highest BCUT2D eigenvalue weighted by Crippen LogP contribution is 2.05. The molecule has 0 saturated heterocycles. The smallest absolute Gasteiger partial charge is 0.131 e. The van der Waals surface area contributed by atoms with Crippen LogP contribution in [0.25, 0.3) is 0 Å². The van der Waals surface area contributed by atoms with E-state index in [1.807, 2.05) is 7.05 Å². The van der Waals surface area contributed by atoms with Gasteiger partial charge in [0, 0.05) is 13.5 Å². The van der Waals surface area contributed by atoms with Gasteiger partial charge in [0.05, 0.1) is 11.9 Å². The predicted molar refractivity (Wildman–Crippen MR) is 45.4 cm³/mol. The zero-order valence-electron chi connectivity index (χ0n) is 7.26. The second-order valence-corrected chi connectivity index (χ2v) is 2.75. The minimum absolute atomic E-state index is 0.452. The summed E-state index contributed by atoms with van der Waals surface area (Å²) in [6, 6.07) is 0. The zero-order valence-corrected chi connectivity index (χ0v) is 7.26. The summed E-state index contributed by atoms with van der Waals surface area (Å²) in [6.07, 6.45) is 3.30. The van der Waals surface area contributed by atoms with Gasteiger partial charge in [-0.1, -0.05) is 0 Å². The molecule has 1 heterocycles. The first kappa shape index (κ1) is 9.19. The molecule has 0 aliphatic carbocycles. The summed E-state index contributed by atoms with van der Waals surface area (Å²) in [7, 11) is 1.83. The number of nitrogens with zero attached hydrogens (tertiary/aromatic N) is 2. The highest BCUT2D eigenvalue weighted by atomic mass is 19.1. The maximum absolute atomic E-state index is 12.2. The fraction of sp³-hybridized carbons (Fsp3) is 0.625. The maximum atomic E-state index is 12.2. The number of nitrogens with two attached hydrogens (primary N) is 1. The van der Waals surface area contributed by atoms with Crippen molar-refractivity contribution in [2.24, 2.45) is 12.8 Å². The molecule has 0 atom stereocenters. The number of alkyl halides is 1. The summed E-state index contributed by atoms with van der Waals surface area (Å²) in [5.74, 6) is 0.910. The SMILES string of the molecule is Cn1c(CF)cnc1CCCN. The third kappa shape index (κ3) is 1.82. The van der Waals surface area contributed by atoms with Crippen molar-refractivity contribution in [3.63, 3.8) is 0 Å². The van der Waals surface area contributed by atoms with Gasteiger partial charge in [-0.25, -0.2) is 9.37 Å². The van der Waals surface area contributed by atoms with Gasteiger partial charge < -0.3 is 10.3 Å². The fourth-order valence-electron chi connectivity index (χ4n) is 1.10. The van der Waals surface area contributed by atoms with Crippen molar-refractivity contribution < 1.29 is 4.39 Å². The molecule has 0 aliphatic rings. The second kappa shape index (κ2) is 4.21. The average Bonchev–Trinajstić information content (AvgIpc) is 2.43. The first-order valence-corrected chi connectivity index (χ1v) is 4.05. The molecule has 0 aromatic carbocycles. The lowest BCUT2D eigenvalue weighted by Gasteiger charge is -2.01. The number of hydrogen-bond donors (Lipinski definition) is 1. The van der Waals surface area contributed by atoms with Gasteiger partial charge in [-0.05, 0) is 13.0 Å². The predicted octanol–water partition coefficient (Wildman–Crippen LogP) is 0.781. The van der Waals surface area contributed by atoms with Gasteiger partial charge in [-0.15, -0.1) is 0 Å². The summed E-state index contributed by atoms with van der Waals surface area (Å²) in [5, 5.41) is 0. The van der Waals surface area contributed by atoms with E-state index in [9.17, 15) is 4.39 Å².